The van der Waals surface area contributed by atoms with Crippen molar-refractivity contribution in [3.8, 4) is 0 Å². The van der Waals surface area contributed by atoms with E-state index >= 15 is 0 Å². The predicted octanol–water partition coefficient (Wildman–Crippen LogP) is 16.3. The van der Waals surface area contributed by atoms with Crippen molar-refractivity contribution >= 4 is 11.9 Å². The Balaban J connectivity index is 4.69. The topological polar surface area (TPSA) is 95.9 Å². The van der Waals surface area contributed by atoms with E-state index in [4.69, 9.17) is 4.74 Å². The van der Waals surface area contributed by atoms with Gasteiger partial charge < -0.3 is 20.3 Å². The molecule has 6 nitrogen and oxygen atoms in total. The maximum absolute atomic E-state index is 13.2. The number of ether oxygens (including phenoxy) is 1. The second kappa shape index (κ2) is 51.0. The van der Waals surface area contributed by atoms with Crippen LogP contribution in [0.5, 0.6) is 0 Å². The average Bonchev–Trinajstić information content (AvgIpc) is 3.29. The van der Waals surface area contributed by atoms with Crippen molar-refractivity contribution in [2.75, 3.05) is 6.61 Å². The van der Waals surface area contributed by atoms with Gasteiger partial charge in [-0.1, -0.05) is 247 Å². The number of aliphatic hydroxyl groups is 2. The minimum Gasteiger partial charge on any atom is -0.462 e. The molecule has 0 saturated heterocycles. The maximum Gasteiger partial charge on any atom is 0.306 e. The van der Waals surface area contributed by atoms with Gasteiger partial charge in [-0.2, -0.15) is 0 Å². The van der Waals surface area contributed by atoms with E-state index in [1.54, 1.807) is 0 Å². The zero-order valence-electron chi connectivity index (χ0n) is 41.9. The monoisotopic (exact) mass is 892 g/mol. The summed E-state index contributed by atoms with van der Waals surface area (Å²) in [6.45, 7) is 6.31. The van der Waals surface area contributed by atoms with Crippen LogP contribution in [0, 0.1) is 0 Å². The summed E-state index contributed by atoms with van der Waals surface area (Å²) in [6, 6.07) is -0.722. The Kier molecular flexibility index (Phi) is 48.7. The number of aliphatic hydroxyl groups excluding tert-OH is 2. The summed E-state index contributed by atoms with van der Waals surface area (Å²) in [5.74, 6) is -0.528. The third kappa shape index (κ3) is 45.6. The summed E-state index contributed by atoms with van der Waals surface area (Å²) < 4.78 is 5.92. The largest absolute Gasteiger partial charge is 0.462 e. The first-order chi connectivity index (χ1) is 31.5. The Morgan fingerprint density at radius 3 is 1.33 bits per heavy atom. The number of nitrogens with one attached hydrogen (secondary N) is 1. The highest BCUT2D eigenvalue weighted by atomic mass is 16.5. The molecule has 0 aromatic rings. The number of amides is 1. The van der Waals surface area contributed by atoms with Gasteiger partial charge in [0.1, 0.15) is 6.10 Å². The number of carbonyl (C=O) groups excluding carboxylic acids is 2. The van der Waals surface area contributed by atoms with Crippen molar-refractivity contribution in [3.05, 3.63) is 85.1 Å². The van der Waals surface area contributed by atoms with Crippen LogP contribution in [-0.4, -0.2) is 46.9 Å². The molecule has 0 aliphatic rings. The molecule has 0 saturated carbocycles. The SMILES string of the molecule is CC/C=C/C=C/C=C/CCCCCCCCCC(=O)OC(CCCCC/C=C/C=C/C=C/C=C/CCCCC)CC(=O)NC(CO)C(O)CCCCCCCCCCCCCCCC. The molecule has 0 aromatic carbocycles. The first kappa shape index (κ1) is 61.0. The van der Waals surface area contributed by atoms with Gasteiger partial charge in [0.05, 0.1) is 25.2 Å². The molecule has 0 aliphatic heterocycles. The lowest BCUT2D eigenvalue weighted by Crippen LogP contribution is -2.46. The van der Waals surface area contributed by atoms with Crippen molar-refractivity contribution in [1.29, 1.82) is 0 Å². The second-order valence-corrected chi connectivity index (χ2v) is 18.0. The molecule has 0 aliphatic carbocycles. The van der Waals surface area contributed by atoms with E-state index < -0.39 is 18.2 Å². The van der Waals surface area contributed by atoms with E-state index in [0.717, 1.165) is 83.5 Å². The van der Waals surface area contributed by atoms with Gasteiger partial charge in [0, 0.05) is 6.42 Å². The first-order valence-corrected chi connectivity index (χ1v) is 26.9. The molecule has 3 unspecified atom stereocenters. The van der Waals surface area contributed by atoms with E-state index in [1.165, 1.54) is 116 Å². The summed E-state index contributed by atoms with van der Waals surface area (Å²) in [5, 5.41) is 23.8. The lowest BCUT2D eigenvalue weighted by molar-refractivity contribution is -0.151. The smallest absolute Gasteiger partial charge is 0.306 e. The normalized spacial score (nSPS) is 13.9. The average molecular weight is 892 g/mol. The fraction of sp³-hybridized carbons (Fsp3) is 0.724. The fourth-order valence-corrected chi connectivity index (χ4v) is 7.80. The Bertz CT molecular complexity index is 1230. The van der Waals surface area contributed by atoms with E-state index in [9.17, 15) is 19.8 Å². The highest BCUT2D eigenvalue weighted by Crippen LogP contribution is 2.17. The van der Waals surface area contributed by atoms with Crippen LogP contribution < -0.4 is 5.32 Å². The number of rotatable bonds is 47. The quantitative estimate of drug-likeness (QED) is 0.0321. The van der Waals surface area contributed by atoms with Crippen molar-refractivity contribution in [1.82, 2.24) is 5.32 Å². The molecule has 0 radical (unpaired) electrons. The van der Waals surface area contributed by atoms with Gasteiger partial charge in [0.15, 0.2) is 0 Å². The zero-order valence-corrected chi connectivity index (χ0v) is 41.9. The highest BCUT2D eigenvalue weighted by Gasteiger charge is 2.24. The van der Waals surface area contributed by atoms with Gasteiger partial charge in [-0.15, -0.1) is 0 Å². The van der Waals surface area contributed by atoms with Crippen LogP contribution in [0.15, 0.2) is 85.1 Å². The number of hydrogen-bond donors (Lipinski definition) is 3. The molecule has 6 heteroatoms. The molecule has 3 N–H and O–H groups in total. The van der Waals surface area contributed by atoms with Crippen LogP contribution in [0.4, 0.5) is 0 Å². The summed E-state index contributed by atoms with van der Waals surface area (Å²) >= 11 is 0. The molecular weight excluding hydrogens is 791 g/mol. The van der Waals surface area contributed by atoms with Gasteiger partial charge in [0.25, 0.3) is 0 Å². The molecule has 0 spiro atoms. The summed E-state index contributed by atoms with van der Waals surface area (Å²) in [7, 11) is 0. The van der Waals surface area contributed by atoms with E-state index in [2.05, 4.69) is 105 Å². The number of allylic oxidation sites excluding steroid dienone is 14. The Hall–Kier alpha value is -2.96. The van der Waals surface area contributed by atoms with Gasteiger partial charge in [-0.25, -0.2) is 0 Å². The molecule has 368 valence electrons. The molecule has 0 bridgehead atoms. The van der Waals surface area contributed by atoms with Crippen LogP contribution in [0.3, 0.4) is 0 Å². The van der Waals surface area contributed by atoms with Crippen LogP contribution in [-0.2, 0) is 14.3 Å². The Morgan fingerprint density at radius 2 is 0.844 bits per heavy atom. The molecule has 3 atom stereocenters. The lowest BCUT2D eigenvalue weighted by Gasteiger charge is -2.24. The third-order valence-electron chi connectivity index (χ3n) is 11.9. The number of unbranched alkanes of at least 4 members (excludes halogenated alkanes) is 26. The van der Waals surface area contributed by atoms with Crippen LogP contribution in [0.25, 0.3) is 0 Å². The summed E-state index contributed by atoms with van der Waals surface area (Å²) in [5.41, 5.74) is 0. The highest BCUT2D eigenvalue weighted by molar-refractivity contribution is 5.77. The standard InChI is InChI=1S/C58H101NO5/c1-4-7-10-13-16-19-22-25-28-30-31-34-37-40-43-46-49-54(64-58(63)51-48-45-42-39-36-33-29-26-23-20-17-14-11-8-5-2)52-57(62)59-55(53-60)56(61)50-47-44-41-38-35-32-27-24-21-18-15-12-9-6-3/h8,11,14,16-17,19-20,22-23,25,28,30-31,34,54-56,60-61H,4-7,9-10,12-13,15,18,21,24,26-27,29,32-33,35-53H2,1-3H3,(H,59,62)/b11-8+,17-14+,19-16+,23-20+,25-22+,30-28+,34-31+. The van der Waals surface area contributed by atoms with E-state index in [0.29, 0.717) is 19.3 Å². The van der Waals surface area contributed by atoms with Crippen LogP contribution >= 0.6 is 0 Å². The number of hydrogen-bond acceptors (Lipinski definition) is 5. The van der Waals surface area contributed by atoms with Gasteiger partial charge >= 0.3 is 5.97 Å². The Morgan fingerprint density at radius 1 is 0.469 bits per heavy atom. The van der Waals surface area contributed by atoms with Gasteiger partial charge in [-0.3, -0.25) is 9.59 Å². The Labute approximate surface area is 395 Å². The number of esters is 1. The molecule has 0 rings (SSSR count). The minimum absolute atomic E-state index is 0.0430. The lowest BCUT2D eigenvalue weighted by atomic mass is 10.0. The van der Waals surface area contributed by atoms with Crippen molar-refractivity contribution < 1.29 is 24.5 Å². The van der Waals surface area contributed by atoms with Crippen LogP contribution in [0.2, 0.25) is 0 Å². The predicted molar refractivity (Wildman–Crippen MR) is 278 cm³/mol. The molecular formula is C58H101NO5. The molecule has 0 aromatic heterocycles. The van der Waals surface area contributed by atoms with Crippen molar-refractivity contribution in [2.24, 2.45) is 0 Å². The minimum atomic E-state index is -0.805. The number of carbonyl (C=O) groups is 2. The molecule has 1 amide bonds. The summed E-state index contributed by atoms with van der Waals surface area (Å²) in [6.07, 6.45) is 66.3. The van der Waals surface area contributed by atoms with Crippen molar-refractivity contribution in [2.45, 2.75) is 264 Å². The fourth-order valence-electron chi connectivity index (χ4n) is 7.80. The van der Waals surface area contributed by atoms with E-state index in [-0.39, 0.29) is 24.9 Å². The molecule has 0 heterocycles. The van der Waals surface area contributed by atoms with Crippen molar-refractivity contribution in [3.63, 3.8) is 0 Å². The maximum atomic E-state index is 13.2. The molecule has 64 heavy (non-hydrogen) atoms. The zero-order chi connectivity index (χ0) is 46.7. The second-order valence-electron chi connectivity index (χ2n) is 18.0. The molecule has 0 fully saturated rings. The first-order valence-electron chi connectivity index (χ1n) is 26.9. The van der Waals surface area contributed by atoms with Gasteiger partial charge in [-0.05, 0) is 70.6 Å². The third-order valence-corrected chi connectivity index (χ3v) is 11.9. The summed E-state index contributed by atoms with van der Waals surface area (Å²) in [4.78, 5) is 26.2. The van der Waals surface area contributed by atoms with Gasteiger partial charge in [0.2, 0.25) is 5.91 Å². The van der Waals surface area contributed by atoms with E-state index in [1.807, 2.05) is 6.08 Å². The van der Waals surface area contributed by atoms with Crippen LogP contribution in [0.1, 0.15) is 245 Å².